The summed E-state index contributed by atoms with van der Waals surface area (Å²) in [4.78, 5) is 4.89. The highest BCUT2D eigenvalue weighted by Crippen LogP contribution is 2.34. The van der Waals surface area contributed by atoms with Crippen molar-refractivity contribution in [1.29, 1.82) is 0 Å². The molecule has 0 bridgehead atoms. The molecule has 31 heavy (non-hydrogen) atoms. The largest absolute Gasteiger partial charge is 0.392 e. The van der Waals surface area contributed by atoms with Gasteiger partial charge in [0.05, 0.1) is 17.6 Å². The first-order chi connectivity index (χ1) is 15.3. The Kier molecular flexibility index (Phi) is 5.44. The summed E-state index contributed by atoms with van der Waals surface area (Å²) >= 11 is 0. The molecule has 3 nitrogen and oxygen atoms in total. The molecule has 0 radical (unpaired) electrons. The SMILES string of the molecule is CCCc1nc2ccccc2n1Cc1ccc2c(c1)CCc1ccccc1/C2=C\CO. The van der Waals surface area contributed by atoms with Gasteiger partial charge in [0.25, 0.3) is 0 Å². The van der Waals surface area contributed by atoms with Crippen LogP contribution in [0.2, 0.25) is 0 Å². The van der Waals surface area contributed by atoms with Crippen molar-refractivity contribution < 1.29 is 5.11 Å². The van der Waals surface area contributed by atoms with E-state index in [1.165, 1.54) is 33.3 Å². The number of aliphatic hydroxyl groups excluding tert-OH is 1. The van der Waals surface area contributed by atoms with Crippen LogP contribution in [-0.2, 0) is 25.8 Å². The van der Waals surface area contributed by atoms with Crippen molar-refractivity contribution in [2.24, 2.45) is 0 Å². The fourth-order valence-electron chi connectivity index (χ4n) is 4.84. The average Bonchev–Trinajstić information content (AvgIpc) is 3.05. The van der Waals surface area contributed by atoms with Gasteiger partial charge in [-0.1, -0.05) is 67.6 Å². The summed E-state index contributed by atoms with van der Waals surface area (Å²) in [7, 11) is 0. The molecule has 0 saturated heterocycles. The quantitative estimate of drug-likeness (QED) is 0.469. The van der Waals surface area contributed by atoms with Gasteiger partial charge in [0.1, 0.15) is 5.82 Å². The molecule has 1 heterocycles. The van der Waals surface area contributed by atoms with Crippen molar-refractivity contribution in [3.05, 3.63) is 106 Å². The Morgan fingerprint density at radius 3 is 2.58 bits per heavy atom. The van der Waals surface area contributed by atoms with E-state index in [1.54, 1.807) is 0 Å². The Morgan fingerprint density at radius 2 is 1.71 bits per heavy atom. The van der Waals surface area contributed by atoms with Crippen LogP contribution in [-0.4, -0.2) is 21.3 Å². The first-order valence-corrected chi connectivity index (χ1v) is 11.2. The van der Waals surface area contributed by atoms with Gasteiger partial charge in [-0.3, -0.25) is 0 Å². The van der Waals surface area contributed by atoms with E-state index in [2.05, 4.69) is 78.2 Å². The van der Waals surface area contributed by atoms with E-state index in [1.807, 2.05) is 6.08 Å². The molecule has 0 aliphatic heterocycles. The lowest BCUT2D eigenvalue weighted by atomic mass is 9.93. The van der Waals surface area contributed by atoms with E-state index in [0.29, 0.717) is 0 Å². The topological polar surface area (TPSA) is 38.0 Å². The third kappa shape index (κ3) is 3.70. The maximum Gasteiger partial charge on any atom is 0.110 e. The Hall–Kier alpha value is -3.17. The first kappa shape index (κ1) is 19.8. The highest BCUT2D eigenvalue weighted by molar-refractivity contribution is 5.84. The van der Waals surface area contributed by atoms with Gasteiger partial charge in [-0.2, -0.15) is 0 Å². The zero-order chi connectivity index (χ0) is 21.2. The maximum atomic E-state index is 9.68. The van der Waals surface area contributed by atoms with Gasteiger partial charge < -0.3 is 9.67 Å². The number of hydrogen-bond donors (Lipinski definition) is 1. The van der Waals surface area contributed by atoms with E-state index in [-0.39, 0.29) is 6.61 Å². The monoisotopic (exact) mass is 408 g/mol. The number of nitrogens with zero attached hydrogens (tertiary/aromatic N) is 2. The minimum atomic E-state index is 0.0479. The second-order valence-electron chi connectivity index (χ2n) is 8.30. The van der Waals surface area contributed by atoms with Crippen molar-refractivity contribution in [2.45, 2.75) is 39.2 Å². The van der Waals surface area contributed by atoms with Crippen LogP contribution in [0.3, 0.4) is 0 Å². The number of fused-ring (bicyclic) bond motifs is 3. The Balaban J connectivity index is 1.56. The molecule has 0 saturated carbocycles. The summed E-state index contributed by atoms with van der Waals surface area (Å²) in [6.07, 6.45) is 6.05. The van der Waals surface area contributed by atoms with Crippen molar-refractivity contribution in [3.8, 4) is 0 Å². The lowest BCUT2D eigenvalue weighted by Gasteiger charge is -2.14. The lowest BCUT2D eigenvalue weighted by Crippen LogP contribution is -2.06. The summed E-state index contributed by atoms with van der Waals surface area (Å²) in [5.74, 6) is 1.16. The first-order valence-electron chi connectivity index (χ1n) is 11.2. The number of para-hydroxylation sites is 2. The third-order valence-corrected chi connectivity index (χ3v) is 6.27. The predicted octanol–water partition coefficient (Wildman–Crippen LogP) is 5.56. The molecule has 0 unspecified atom stereocenters. The van der Waals surface area contributed by atoms with Gasteiger partial charge in [-0.25, -0.2) is 4.98 Å². The van der Waals surface area contributed by atoms with Crippen LogP contribution in [0.4, 0.5) is 0 Å². The van der Waals surface area contributed by atoms with Crippen LogP contribution < -0.4 is 0 Å². The zero-order valence-corrected chi connectivity index (χ0v) is 18.0. The molecule has 0 amide bonds. The third-order valence-electron chi connectivity index (χ3n) is 6.27. The van der Waals surface area contributed by atoms with Gasteiger partial charge in [-0.15, -0.1) is 0 Å². The molecule has 3 heteroatoms. The molecular formula is C28H28N2O. The standard InChI is InChI=1S/C28H28N2O/c1-2-7-28-29-26-10-5-6-11-27(26)30(28)19-20-12-15-24-22(18-20)14-13-21-8-3-4-9-23(21)25(24)16-17-31/h3-6,8-12,15-16,18,31H,2,7,13-14,17,19H2,1H3/b25-16+. The van der Waals surface area contributed by atoms with Crippen LogP contribution >= 0.6 is 0 Å². The van der Waals surface area contributed by atoms with E-state index in [0.717, 1.165) is 49.1 Å². The number of aryl methyl sites for hydroxylation is 3. The zero-order valence-electron chi connectivity index (χ0n) is 18.0. The summed E-state index contributed by atoms with van der Waals surface area (Å²) < 4.78 is 2.37. The predicted molar refractivity (Wildman–Crippen MR) is 127 cm³/mol. The molecule has 0 atom stereocenters. The summed E-state index contributed by atoms with van der Waals surface area (Å²) in [5, 5.41) is 9.68. The van der Waals surface area contributed by atoms with E-state index < -0.39 is 0 Å². The van der Waals surface area contributed by atoms with E-state index >= 15 is 0 Å². The van der Waals surface area contributed by atoms with Crippen molar-refractivity contribution in [3.63, 3.8) is 0 Å². The molecule has 156 valence electrons. The van der Waals surface area contributed by atoms with Gasteiger partial charge >= 0.3 is 0 Å². The Bertz CT molecular complexity index is 1270. The molecule has 3 aromatic carbocycles. The van der Waals surface area contributed by atoms with E-state index in [4.69, 9.17) is 4.98 Å². The van der Waals surface area contributed by atoms with Crippen molar-refractivity contribution in [2.75, 3.05) is 6.61 Å². The summed E-state index contributed by atoms with van der Waals surface area (Å²) in [6.45, 7) is 3.08. The van der Waals surface area contributed by atoms with Crippen molar-refractivity contribution >= 4 is 16.6 Å². The highest BCUT2D eigenvalue weighted by atomic mass is 16.2. The molecule has 1 aliphatic carbocycles. The fraction of sp³-hybridized carbons (Fsp3) is 0.250. The van der Waals surface area contributed by atoms with Crippen LogP contribution in [0.15, 0.2) is 72.8 Å². The molecular weight excluding hydrogens is 380 g/mol. The molecule has 4 aromatic rings. The van der Waals surface area contributed by atoms with Gasteiger partial charge in [0.15, 0.2) is 0 Å². The van der Waals surface area contributed by atoms with Crippen LogP contribution in [0.5, 0.6) is 0 Å². The summed E-state index contributed by atoms with van der Waals surface area (Å²) in [5.41, 5.74) is 9.92. The lowest BCUT2D eigenvalue weighted by molar-refractivity contribution is 0.343. The number of rotatable bonds is 5. The molecule has 0 spiro atoms. The average molecular weight is 409 g/mol. The van der Waals surface area contributed by atoms with Crippen LogP contribution in [0, 0.1) is 0 Å². The molecule has 0 fully saturated rings. The number of benzene rings is 3. The maximum absolute atomic E-state index is 9.68. The fourth-order valence-corrected chi connectivity index (χ4v) is 4.84. The Morgan fingerprint density at radius 1 is 0.935 bits per heavy atom. The molecule has 1 aliphatic rings. The van der Waals surface area contributed by atoms with Crippen molar-refractivity contribution in [1.82, 2.24) is 9.55 Å². The summed E-state index contributed by atoms with van der Waals surface area (Å²) in [6, 6.07) is 23.8. The normalized spacial score (nSPS) is 14.5. The van der Waals surface area contributed by atoms with Crippen LogP contribution in [0.1, 0.15) is 47.0 Å². The van der Waals surface area contributed by atoms with Gasteiger partial charge in [-0.05, 0) is 64.8 Å². The minimum Gasteiger partial charge on any atom is -0.392 e. The molecule has 1 N–H and O–H groups in total. The highest BCUT2D eigenvalue weighted by Gasteiger charge is 2.18. The molecule has 1 aromatic heterocycles. The number of hydrogen-bond acceptors (Lipinski definition) is 2. The molecule has 5 rings (SSSR count). The second-order valence-corrected chi connectivity index (χ2v) is 8.30. The number of aliphatic hydroxyl groups is 1. The van der Waals surface area contributed by atoms with E-state index in [9.17, 15) is 5.11 Å². The minimum absolute atomic E-state index is 0.0479. The van der Waals surface area contributed by atoms with Gasteiger partial charge in [0, 0.05) is 13.0 Å². The Labute approximate surface area is 183 Å². The van der Waals surface area contributed by atoms with Gasteiger partial charge in [0.2, 0.25) is 0 Å². The number of imidazole rings is 1. The smallest absolute Gasteiger partial charge is 0.110 e. The number of aromatic nitrogens is 2. The second kappa shape index (κ2) is 8.52. The van der Waals surface area contributed by atoms with Crippen LogP contribution in [0.25, 0.3) is 16.6 Å².